The van der Waals surface area contributed by atoms with Crippen molar-refractivity contribution in [2.45, 2.75) is 45.8 Å². The quantitative estimate of drug-likeness (QED) is 0.351. The van der Waals surface area contributed by atoms with Gasteiger partial charge in [0.1, 0.15) is 17.3 Å². The number of ketones is 1. The van der Waals surface area contributed by atoms with Crippen LogP contribution in [0, 0.1) is 5.82 Å². The lowest BCUT2D eigenvalue weighted by molar-refractivity contribution is -0.140. The average molecular weight is 456 g/mol. The molecule has 33 heavy (non-hydrogen) atoms. The maximum atomic E-state index is 13.6. The molecule has 176 valence electrons. The van der Waals surface area contributed by atoms with Gasteiger partial charge in [0.05, 0.1) is 31.4 Å². The number of aliphatic hydroxyl groups is 1. The second-order valence-corrected chi connectivity index (χ2v) is 8.58. The van der Waals surface area contributed by atoms with Gasteiger partial charge in [0.2, 0.25) is 0 Å². The van der Waals surface area contributed by atoms with E-state index in [1.165, 1.54) is 29.2 Å². The lowest BCUT2D eigenvalue weighted by Crippen LogP contribution is -2.33. The van der Waals surface area contributed by atoms with Gasteiger partial charge in [-0.05, 0) is 61.2 Å². The van der Waals surface area contributed by atoms with E-state index in [4.69, 9.17) is 9.47 Å². The number of rotatable bonds is 8. The van der Waals surface area contributed by atoms with Crippen LogP contribution in [0.15, 0.2) is 48.0 Å². The molecule has 0 spiro atoms. The monoisotopic (exact) mass is 455 g/mol. The number of benzene rings is 2. The first-order valence-corrected chi connectivity index (χ1v) is 11.0. The van der Waals surface area contributed by atoms with Gasteiger partial charge in [0.15, 0.2) is 0 Å². The SMILES string of the molecule is COc1ccc(/C(O)=C2/C(=O)C(=O)N(CCOC(C)C)C2c2ccc(F)cc2)cc1C(C)C. The smallest absolute Gasteiger partial charge is 0.295 e. The maximum absolute atomic E-state index is 13.6. The van der Waals surface area contributed by atoms with E-state index < -0.39 is 23.5 Å². The van der Waals surface area contributed by atoms with E-state index in [1.54, 1.807) is 25.3 Å². The normalized spacial score (nSPS) is 17.9. The van der Waals surface area contributed by atoms with Crippen LogP contribution >= 0.6 is 0 Å². The fourth-order valence-electron chi connectivity index (χ4n) is 3.98. The molecule has 6 nitrogen and oxygen atoms in total. The minimum Gasteiger partial charge on any atom is -0.507 e. The zero-order chi connectivity index (χ0) is 24.3. The van der Waals surface area contributed by atoms with Gasteiger partial charge in [0, 0.05) is 12.1 Å². The van der Waals surface area contributed by atoms with Crippen molar-refractivity contribution in [2.75, 3.05) is 20.3 Å². The lowest BCUT2D eigenvalue weighted by Gasteiger charge is -2.25. The first-order valence-electron chi connectivity index (χ1n) is 11.0. The molecule has 7 heteroatoms. The molecular weight excluding hydrogens is 425 g/mol. The third kappa shape index (κ3) is 5.09. The largest absolute Gasteiger partial charge is 0.507 e. The molecule has 1 unspecified atom stereocenters. The fraction of sp³-hybridized carbons (Fsp3) is 0.385. The molecule has 3 rings (SSSR count). The Hall–Kier alpha value is -3.19. The van der Waals surface area contributed by atoms with Crippen LogP contribution in [0.3, 0.4) is 0 Å². The first-order chi connectivity index (χ1) is 15.6. The highest BCUT2D eigenvalue weighted by Gasteiger charge is 2.46. The molecule has 0 aliphatic carbocycles. The number of likely N-dealkylation sites (tertiary alicyclic amines) is 1. The Balaban J connectivity index is 2.13. The molecule has 0 aromatic heterocycles. The fourth-order valence-corrected chi connectivity index (χ4v) is 3.98. The third-order valence-corrected chi connectivity index (χ3v) is 5.63. The number of hydrogen-bond donors (Lipinski definition) is 1. The van der Waals surface area contributed by atoms with Crippen molar-refractivity contribution in [3.8, 4) is 5.75 Å². The third-order valence-electron chi connectivity index (χ3n) is 5.63. The molecule has 0 bridgehead atoms. The number of carbonyl (C=O) groups is 2. The molecule has 2 aromatic carbocycles. The Morgan fingerprint density at radius 2 is 1.76 bits per heavy atom. The highest BCUT2D eigenvalue weighted by atomic mass is 19.1. The minimum absolute atomic E-state index is 0.0315. The van der Waals surface area contributed by atoms with Crippen molar-refractivity contribution >= 4 is 17.4 Å². The maximum Gasteiger partial charge on any atom is 0.295 e. The van der Waals surface area contributed by atoms with E-state index in [0.29, 0.717) is 16.9 Å². The molecule has 1 amide bonds. The lowest BCUT2D eigenvalue weighted by atomic mass is 9.93. The van der Waals surface area contributed by atoms with Crippen molar-refractivity contribution < 1.29 is 28.6 Å². The van der Waals surface area contributed by atoms with Crippen LogP contribution in [0.2, 0.25) is 0 Å². The van der Waals surface area contributed by atoms with Gasteiger partial charge in [-0.25, -0.2) is 4.39 Å². The second kappa shape index (κ2) is 10.2. The predicted octanol–water partition coefficient (Wildman–Crippen LogP) is 4.80. The van der Waals surface area contributed by atoms with Gasteiger partial charge in [-0.3, -0.25) is 9.59 Å². The van der Waals surface area contributed by atoms with Gasteiger partial charge in [0.25, 0.3) is 11.7 Å². The molecule has 1 heterocycles. The highest BCUT2D eigenvalue weighted by molar-refractivity contribution is 6.46. The predicted molar refractivity (Wildman–Crippen MR) is 124 cm³/mol. The Morgan fingerprint density at radius 1 is 1.09 bits per heavy atom. The van der Waals surface area contributed by atoms with Crippen LogP contribution in [0.1, 0.15) is 56.3 Å². The standard InChI is InChI=1S/C26H30FNO5/c1-15(2)20-14-18(8-11-21(20)32-5)24(29)22-23(17-6-9-19(27)10-7-17)28(26(31)25(22)30)12-13-33-16(3)4/h6-11,14-16,23,29H,12-13H2,1-5H3/b24-22-. The summed E-state index contributed by atoms with van der Waals surface area (Å²) in [7, 11) is 1.57. The Labute approximate surface area is 193 Å². The Kier molecular flexibility index (Phi) is 7.53. The van der Waals surface area contributed by atoms with Crippen molar-refractivity contribution in [3.05, 3.63) is 70.5 Å². The zero-order valence-electron chi connectivity index (χ0n) is 19.6. The van der Waals surface area contributed by atoms with E-state index in [-0.39, 0.29) is 36.5 Å². The molecule has 0 radical (unpaired) electrons. The van der Waals surface area contributed by atoms with E-state index in [2.05, 4.69) is 0 Å². The second-order valence-electron chi connectivity index (χ2n) is 8.58. The van der Waals surface area contributed by atoms with E-state index in [9.17, 15) is 19.1 Å². The van der Waals surface area contributed by atoms with Crippen LogP contribution in [0.4, 0.5) is 4.39 Å². The van der Waals surface area contributed by atoms with Gasteiger partial charge in [-0.1, -0.05) is 26.0 Å². The number of hydrogen-bond acceptors (Lipinski definition) is 5. The summed E-state index contributed by atoms with van der Waals surface area (Å²) >= 11 is 0. The molecule has 1 aliphatic rings. The molecule has 1 fully saturated rings. The van der Waals surface area contributed by atoms with Crippen molar-refractivity contribution in [1.82, 2.24) is 4.90 Å². The number of aliphatic hydroxyl groups excluding tert-OH is 1. The summed E-state index contributed by atoms with van der Waals surface area (Å²) in [6, 6.07) is 9.85. The van der Waals surface area contributed by atoms with Gasteiger partial charge < -0.3 is 19.5 Å². The van der Waals surface area contributed by atoms with Gasteiger partial charge in [-0.15, -0.1) is 0 Å². The summed E-state index contributed by atoms with van der Waals surface area (Å²) in [6.07, 6.45) is -0.0418. The molecule has 1 aliphatic heterocycles. The topological polar surface area (TPSA) is 76.1 Å². The van der Waals surface area contributed by atoms with Crippen LogP contribution < -0.4 is 4.74 Å². The minimum atomic E-state index is -0.856. The summed E-state index contributed by atoms with van der Waals surface area (Å²) in [5.74, 6) is -1.45. The summed E-state index contributed by atoms with van der Waals surface area (Å²) in [5, 5.41) is 11.2. The Bertz CT molecular complexity index is 1060. The molecular formula is C26H30FNO5. The summed E-state index contributed by atoms with van der Waals surface area (Å²) in [5.41, 5.74) is 1.76. The number of Topliss-reactive ketones (excluding diaryl/α,β-unsaturated/α-hetero) is 1. The molecule has 1 saturated heterocycles. The highest BCUT2D eigenvalue weighted by Crippen LogP contribution is 2.40. The van der Waals surface area contributed by atoms with E-state index >= 15 is 0 Å². The van der Waals surface area contributed by atoms with Crippen LogP contribution in [-0.2, 0) is 14.3 Å². The van der Waals surface area contributed by atoms with Crippen molar-refractivity contribution in [3.63, 3.8) is 0 Å². The number of ether oxygens (including phenoxy) is 2. The molecule has 1 atom stereocenters. The first kappa shape index (κ1) is 24.5. The van der Waals surface area contributed by atoms with Crippen molar-refractivity contribution in [1.29, 1.82) is 0 Å². The average Bonchev–Trinajstić information content (AvgIpc) is 3.03. The van der Waals surface area contributed by atoms with Crippen LogP contribution in [0.25, 0.3) is 5.76 Å². The van der Waals surface area contributed by atoms with Crippen LogP contribution in [-0.4, -0.2) is 48.1 Å². The van der Waals surface area contributed by atoms with Gasteiger partial charge >= 0.3 is 0 Å². The molecule has 2 aromatic rings. The summed E-state index contributed by atoms with van der Waals surface area (Å²) in [4.78, 5) is 27.4. The number of nitrogens with zero attached hydrogens (tertiary/aromatic N) is 1. The zero-order valence-corrected chi connectivity index (χ0v) is 19.6. The number of carbonyl (C=O) groups excluding carboxylic acids is 2. The summed E-state index contributed by atoms with van der Waals surface area (Å²) < 4.78 is 24.6. The molecule has 1 N–H and O–H groups in total. The Morgan fingerprint density at radius 3 is 2.33 bits per heavy atom. The van der Waals surface area contributed by atoms with Crippen molar-refractivity contribution in [2.24, 2.45) is 0 Å². The number of amides is 1. The number of methoxy groups -OCH3 is 1. The van der Waals surface area contributed by atoms with Crippen LogP contribution in [0.5, 0.6) is 5.75 Å². The number of halogens is 1. The van der Waals surface area contributed by atoms with E-state index in [0.717, 1.165) is 5.56 Å². The molecule has 0 saturated carbocycles. The summed E-state index contributed by atoms with van der Waals surface area (Å²) in [6.45, 7) is 8.12. The van der Waals surface area contributed by atoms with Gasteiger partial charge in [-0.2, -0.15) is 0 Å². The van der Waals surface area contributed by atoms with E-state index in [1.807, 2.05) is 27.7 Å².